The van der Waals surface area contributed by atoms with Crippen molar-refractivity contribution in [2.45, 2.75) is 33.9 Å². The SMILES string of the molecule is CCNCc1cc(Br)cc(C)c1OCc1cc(C)no1. The summed E-state index contributed by atoms with van der Waals surface area (Å²) in [6, 6.07) is 6.02. The third kappa shape index (κ3) is 3.84. The second kappa shape index (κ2) is 6.90. The first kappa shape index (κ1) is 15.1. The minimum atomic E-state index is 0.391. The quantitative estimate of drug-likeness (QED) is 0.871. The molecule has 4 nitrogen and oxygen atoms in total. The third-order valence-corrected chi connectivity index (χ3v) is 3.38. The van der Waals surface area contributed by atoms with Gasteiger partial charge in [0, 0.05) is 22.6 Å². The minimum absolute atomic E-state index is 0.391. The highest BCUT2D eigenvalue weighted by Crippen LogP contribution is 2.29. The normalized spacial score (nSPS) is 10.8. The molecule has 0 amide bonds. The van der Waals surface area contributed by atoms with Crippen molar-refractivity contribution >= 4 is 15.9 Å². The van der Waals surface area contributed by atoms with Gasteiger partial charge in [-0.15, -0.1) is 0 Å². The molecule has 2 rings (SSSR count). The van der Waals surface area contributed by atoms with Crippen molar-refractivity contribution in [1.29, 1.82) is 0 Å². The van der Waals surface area contributed by atoms with E-state index < -0.39 is 0 Å². The zero-order valence-corrected chi connectivity index (χ0v) is 13.6. The summed E-state index contributed by atoms with van der Waals surface area (Å²) in [6.45, 7) is 8.12. The number of aromatic nitrogens is 1. The van der Waals surface area contributed by atoms with Gasteiger partial charge in [0.2, 0.25) is 0 Å². The fourth-order valence-corrected chi connectivity index (χ4v) is 2.64. The molecule has 1 aromatic heterocycles. The second-order valence-electron chi connectivity index (χ2n) is 4.71. The van der Waals surface area contributed by atoms with Crippen LogP contribution in [0.25, 0.3) is 0 Å². The van der Waals surface area contributed by atoms with Crippen LogP contribution >= 0.6 is 15.9 Å². The Kier molecular flexibility index (Phi) is 5.20. The van der Waals surface area contributed by atoms with Crippen LogP contribution in [0.2, 0.25) is 0 Å². The molecule has 0 aliphatic rings. The Balaban J connectivity index is 2.16. The molecule has 0 radical (unpaired) electrons. The predicted molar refractivity (Wildman–Crippen MR) is 81.8 cm³/mol. The molecule has 0 aliphatic carbocycles. The number of nitrogens with one attached hydrogen (secondary N) is 1. The number of nitrogens with zero attached hydrogens (tertiary/aromatic N) is 1. The van der Waals surface area contributed by atoms with Crippen molar-refractivity contribution < 1.29 is 9.26 Å². The molecule has 0 spiro atoms. The largest absolute Gasteiger partial charge is 0.485 e. The van der Waals surface area contributed by atoms with E-state index in [4.69, 9.17) is 9.26 Å². The predicted octanol–water partition coefficient (Wildman–Crippen LogP) is 3.74. The summed E-state index contributed by atoms with van der Waals surface area (Å²) in [5, 5.41) is 7.19. The number of benzene rings is 1. The van der Waals surface area contributed by atoms with Crippen molar-refractivity contribution in [3.63, 3.8) is 0 Å². The Morgan fingerprint density at radius 2 is 2.10 bits per heavy atom. The van der Waals surface area contributed by atoms with E-state index in [1.165, 1.54) is 0 Å². The number of hydrogen-bond acceptors (Lipinski definition) is 4. The summed E-state index contributed by atoms with van der Waals surface area (Å²) in [6.07, 6.45) is 0. The van der Waals surface area contributed by atoms with E-state index in [1.54, 1.807) is 0 Å². The van der Waals surface area contributed by atoms with Crippen molar-refractivity contribution in [1.82, 2.24) is 10.5 Å². The molecule has 1 heterocycles. The fraction of sp³-hybridized carbons (Fsp3) is 0.400. The molecule has 108 valence electrons. The highest BCUT2D eigenvalue weighted by molar-refractivity contribution is 9.10. The number of halogens is 1. The van der Waals surface area contributed by atoms with Crippen LogP contribution in [0, 0.1) is 13.8 Å². The first-order chi connectivity index (χ1) is 9.60. The molecule has 0 bridgehead atoms. The summed E-state index contributed by atoms with van der Waals surface area (Å²) < 4.78 is 12.2. The summed E-state index contributed by atoms with van der Waals surface area (Å²) in [7, 11) is 0. The Morgan fingerprint density at radius 3 is 2.75 bits per heavy atom. The molecule has 0 fully saturated rings. The van der Waals surface area contributed by atoms with E-state index in [2.05, 4.69) is 45.5 Å². The lowest BCUT2D eigenvalue weighted by molar-refractivity contribution is 0.245. The van der Waals surface area contributed by atoms with Crippen LogP contribution in [0.5, 0.6) is 5.75 Å². The van der Waals surface area contributed by atoms with E-state index >= 15 is 0 Å². The van der Waals surface area contributed by atoms with Gasteiger partial charge in [0.05, 0.1) is 5.69 Å². The first-order valence-corrected chi connectivity index (χ1v) is 7.44. The molecular formula is C15H19BrN2O2. The molecule has 20 heavy (non-hydrogen) atoms. The molecule has 0 saturated heterocycles. The van der Waals surface area contributed by atoms with Gasteiger partial charge < -0.3 is 14.6 Å². The van der Waals surface area contributed by atoms with Gasteiger partial charge in [-0.2, -0.15) is 0 Å². The van der Waals surface area contributed by atoms with Crippen LogP contribution in [-0.4, -0.2) is 11.7 Å². The van der Waals surface area contributed by atoms with Crippen LogP contribution in [0.3, 0.4) is 0 Å². The van der Waals surface area contributed by atoms with Crippen molar-refractivity contribution in [2.75, 3.05) is 6.54 Å². The molecular weight excluding hydrogens is 320 g/mol. The highest BCUT2D eigenvalue weighted by Gasteiger charge is 2.10. The van der Waals surface area contributed by atoms with Gasteiger partial charge in [-0.05, 0) is 38.1 Å². The number of ether oxygens (including phenoxy) is 1. The van der Waals surface area contributed by atoms with Crippen molar-refractivity contribution in [3.8, 4) is 5.75 Å². The molecule has 0 unspecified atom stereocenters. The van der Waals surface area contributed by atoms with Gasteiger partial charge in [0.25, 0.3) is 0 Å². The van der Waals surface area contributed by atoms with Crippen molar-refractivity contribution in [2.24, 2.45) is 0 Å². The zero-order chi connectivity index (χ0) is 14.5. The maximum absolute atomic E-state index is 5.92. The number of aryl methyl sites for hydroxylation is 2. The lowest BCUT2D eigenvalue weighted by Crippen LogP contribution is -2.13. The molecule has 0 aliphatic heterocycles. The number of hydrogen-bond donors (Lipinski definition) is 1. The van der Waals surface area contributed by atoms with Gasteiger partial charge in [-0.3, -0.25) is 0 Å². The van der Waals surface area contributed by atoms with Gasteiger partial charge >= 0.3 is 0 Å². The van der Waals surface area contributed by atoms with Crippen LogP contribution in [0.4, 0.5) is 0 Å². The molecule has 0 atom stereocenters. The lowest BCUT2D eigenvalue weighted by atomic mass is 10.1. The van der Waals surface area contributed by atoms with E-state index in [-0.39, 0.29) is 0 Å². The Morgan fingerprint density at radius 1 is 1.30 bits per heavy atom. The number of rotatable bonds is 6. The van der Waals surface area contributed by atoms with Crippen LogP contribution in [0.15, 0.2) is 27.2 Å². The van der Waals surface area contributed by atoms with Gasteiger partial charge in [0.15, 0.2) is 5.76 Å². The zero-order valence-electron chi connectivity index (χ0n) is 12.0. The Hall–Kier alpha value is -1.33. The molecule has 1 aromatic carbocycles. The van der Waals surface area contributed by atoms with E-state index in [0.29, 0.717) is 6.61 Å². The minimum Gasteiger partial charge on any atom is -0.485 e. The van der Waals surface area contributed by atoms with Gasteiger partial charge in [-0.1, -0.05) is 28.0 Å². The molecule has 0 saturated carbocycles. The molecule has 2 aromatic rings. The van der Waals surface area contributed by atoms with Gasteiger partial charge in [0.1, 0.15) is 12.4 Å². The van der Waals surface area contributed by atoms with Crippen LogP contribution < -0.4 is 10.1 Å². The van der Waals surface area contributed by atoms with Crippen molar-refractivity contribution in [3.05, 3.63) is 45.3 Å². The maximum atomic E-state index is 5.92. The smallest absolute Gasteiger partial charge is 0.174 e. The Bertz CT molecular complexity index is 581. The molecule has 1 N–H and O–H groups in total. The highest BCUT2D eigenvalue weighted by atomic mass is 79.9. The van der Waals surface area contributed by atoms with Gasteiger partial charge in [-0.25, -0.2) is 0 Å². The lowest BCUT2D eigenvalue weighted by Gasteiger charge is -2.14. The van der Waals surface area contributed by atoms with Crippen LogP contribution in [0.1, 0.15) is 29.5 Å². The van der Waals surface area contributed by atoms with Crippen LogP contribution in [-0.2, 0) is 13.2 Å². The average molecular weight is 339 g/mol. The molecule has 5 heteroatoms. The summed E-state index contributed by atoms with van der Waals surface area (Å²) >= 11 is 3.53. The van der Waals surface area contributed by atoms with E-state index in [9.17, 15) is 0 Å². The summed E-state index contributed by atoms with van der Waals surface area (Å²) in [4.78, 5) is 0. The monoisotopic (exact) mass is 338 g/mol. The Labute approximate surface area is 127 Å². The average Bonchev–Trinajstić information content (AvgIpc) is 2.80. The first-order valence-electron chi connectivity index (χ1n) is 6.65. The standard InChI is InChI=1S/C15H19BrN2O2/c1-4-17-8-12-7-13(16)5-10(2)15(12)19-9-14-6-11(3)18-20-14/h5-7,17H,4,8-9H2,1-3H3. The van der Waals surface area contributed by atoms with E-state index in [0.717, 1.165) is 45.9 Å². The third-order valence-electron chi connectivity index (χ3n) is 2.92. The second-order valence-corrected chi connectivity index (χ2v) is 5.63. The topological polar surface area (TPSA) is 47.3 Å². The van der Waals surface area contributed by atoms with E-state index in [1.807, 2.05) is 19.9 Å². The summed E-state index contributed by atoms with van der Waals surface area (Å²) in [5.74, 6) is 1.64. The fourth-order valence-electron chi connectivity index (χ4n) is 2.02. The summed E-state index contributed by atoms with van der Waals surface area (Å²) in [5.41, 5.74) is 3.10. The maximum Gasteiger partial charge on any atom is 0.174 e.